The molecule has 0 amide bonds. The summed E-state index contributed by atoms with van der Waals surface area (Å²) in [7, 11) is -5.17. The van der Waals surface area contributed by atoms with Crippen molar-refractivity contribution in [2.75, 3.05) is 0 Å². The van der Waals surface area contributed by atoms with Crippen molar-refractivity contribution < 1.29 is 40.1 Å². The van der Waals surface area contributed by atoms with E-state index in [9.17, 15) is 0 Å². The van der Waals surface area contributed by atoms with E-state index in [0.29, 0.717) is 0 Å². The first kappa shape index (κ1) is 23.9. The molecule has 0 aliphatic rings. The van der Waals surface area contributed by atoms with Crippen LogP contribution in [0.25, 0.3) is 0 Å². The Morgan fingerprint density at radius 2 is 1.12 bits per heavy atom. The fourth-order valence-electron chi connectivity index (χ4n) is 0. The zero-order valence-electron chi connectivity index (χ0n) is 3.89. The predicted molar refractivity (Wildman–Crippen MR) is 20.1 cm³/mol. The summed E-state index contributed by atoms with van der Waals surface area (Å²) in [6.45, 7) is 0. The van der Waals surface area contributed by atoms with Gasteiger partial charge in [-0.1, -0.05) is 0 Å². The maximum absolute atomic E-state index is 8.52. The molecule has 0 heterocycles. The Kier molecular flexibility index (Phi) is 21.8. The quantitative estimate of drug-likeness (QED) is 0.271. The third-order valence-corrected chi connectivity index (χ3v) is 0. The molecule has 0 spiro atoms. The molecule has 8 heavy (non-hydrogen) atoms. The van der Waals surface area contributed by atoms with E-state index in [1.807, 2.05) is 0 Å². The van der Waals surface area contributed by atoms with Gasteiger partial charge in [0.1, 0.15) is 0 Å². The first-order valence-electron chi connectivity index (χ1n) is 0.667. The van der Waals surface area contributed by atoms with Gasteiger partial charge in [-0.2, -0.15) is 0 Å². The Morgan fingerprint density at radius 1 is 1.12 bits per heavy atom. The van der Waals surface area contributed by atoms with Gasteiger partial charge in [0.05, 0.1) is 0 Å². The van der Waals surface area contributed by atoms with E-state index in [2.05, 4.69) is 0 Å². The van der Waals surface area contributed by atoms with E-state index in [4.69, 9.17) is 17.5 Å². The first-order chi connectivity index (χ1) is 2.00. The Morgan fingerprint density at radius 3 is 1.12 bits per heavy atom. The van der Waals surface area contributed by atoms with Crippen LogP contribution in [0.4, 0.5) is 0 Å². The van der Waals surface area contributed by atoms with Crippen LogP contribution in [-0.4, -0.2) is 23.0 Å². The first-order valence-corrected chi connectivity index (χ1v) is 2.00. The normalized spacial score (nSPS) is 7.25. The molecular formula is H6FeNO5S. The third-order valence-electron chi connectivity index (χ3n) is 0. The van der Waals surface area contributed by atoms with Gasteiger partial charge in [-0.05, 0) is 0 Å². The van der Waals surface area contributed by atoms with Crippen molar-refractivity contribution in [2.45, 2.75) is 0 Å². The van der Waals surface area contributed by atoms with Gasteiger partial charge in [0.2, 0.25) is 0 Å². The minimum absolute atomic E-state index is 0. The van der Waals surface area contributed by atoms with Crippen molar-refractivity contribution in [3.8, 4) is 0 Å². The van der Waals surface area contributed by atoms with Gasteiger partial charge >= 0.3 is 17.1 Å². The van der Waals surface area contributed by atoms with Crippen LogP contribution >= 0.6 is 0 Å². The zero-order valence-corrected chi connectivity index (χ0v) is 5.82. The molecule has 8 heteroatoms. The second-order valence-electron chi connectivity index (χ2n) is 0.408. The van der Waals surface area contributed by atoms with Crippen molar-refractivity contribution >= 4 is 10.4 Å². The summed E-state index contributed by atoms with van der Waals surface area (Å²) in [6, 6.07) is 0. The summed E-state index contributed by atoms with van der Waals surface area (Å²) in [4.78, 5) is 0. The van der Waals surface area contributed by atoms with Crippen molar-refractivity contribution in [1.82, 2.24) is 6.15 Å². The van der Waals surface area contributed by atoms with Gasteiger partial charge in [-0.15, -0.1) is 0 Å². The summed E-state index contributed by atoms with van der Waals surface area (Å²) in [5.41, 5.74) is 0. The van der Waals surface area contributed by atoms with Crippen LogP contribution in [0.2, 0.25) is 0 Å². The molecule has 6 nitrogen and oxygen atoms in total. The fraction of sp³-hybridized carbons (Fsp3) is 0. The van der Waals surface area contributed by atoms with Crippen LogP contribution < -0.4 is 6.15 Å². The molecule has 0 aromatic heterocycles. The SMILES string of the molecule is O.O=S(=O)([O-])[O-].[Fe+].[NH4+]. The number of rotatable bonds is 0. The number of hydrogen-bond acceptors (Lipinski definition) is 4. The molecule has 6 N–H and O–H groups in total. The van der Waals surface area contributed by atoms with Crippen molar-refractivity contribution in [2.24, 2.45) is 0 Å². The molecule has 55 valence electrons. The van der Waals surface area contributed by atoms with E-state index in [1.165, 1.54) is 0 Å². The molecule has 0 saturated heterocycles. The second kappa shape index (κ2) is 7.31. The monoisotopic (exact) mass is 188 g/mol. The topological polar surface area (TPSA) is 148 Å². The van der Waals surface area contributed by atoms with Gasteiger partial charge in [0, 0.05) is 10.4 Å². The van der Waals surface area contributed by atoms with Gasteiger partial charge in [-0.3, -0.25) is 8.42 Å². The molecule has 0 atom stereocenters. The van der Waals surface area contributed by atoms with Crippen LogP contribution in [-0.2, 0) is 27.5 Å². The van der Waals surface area contributed by atoms with E-state index in [-0.39, 0.29) is 28.7 Å². The molecule has 0 bridgehead atoms. The van der Waals surface area contributed by atoms with Crippen LogP contribution in [0.15, 0.2) is 0 Å². The number of hydrogen-bond donors (Lipinski definition) is 1. The molecular weight excluding hydrogens is 182 g/mol. The van der Waals surface area contributed by atoms with Crippen LogP contribution in [0.3, 0.4) is 0 Å². The molecule has 0 aromatic rings. The molecule has 0 aliphatic heterocycles. The minimum Gasteiger partial charge on any atom is -0.759 e. The largest absolute Gasteiger partial charge is 1.00 e. The second-order valence-corrected chi connectivity index (χ2v) is 1.22. The summed E-state index contributed by atoms with van der Waals surface area (Å²) in [5.74, 6) is 0. The van der Waals surface area contributed by atoms with Gasteiger partial charge in [0.25, 0.3) is 0 Å². The Labute approximate surface area is 57.2 Å². The Hall–Kier alpha value is 0.309. The maximum atomic E-state index is 8.52. The van der Waals surface area contributed by atoms with Crippen molar-refractivity contribution in [3.63, 3.8) is 0 Å². The van der Waals surface area contributed by atoms with E-state index in [1.54, 1.807) is 0 Å². The molecule has 0 aromatic carbocycles. The van der Waals surface area contributed by atoms with E-state index < -0.39 is 10.4 Å². The average molecular weight is 188 g/mol. The zero-order chi connectivity index (χ0) is 4.50. The van der Waals surface area contributed by atoms with Gasteiger partial charge in [0.15, 0.2) is 0 Å². The third kappa shape index (κ3) is 1860. The summed E-state index contributed by atoms with van der Waals surface area (Å²) in [5, 5.41) is 0. The Bertz CT molecular complexity index is 95.6. The van der Waals surface area contributed by atoms with Gasteiger partial charge in [-0.25, -0.2) is 0 Å². The molecule has 1 radical (unpaired) electrons. The minimum atomic E-state index is -5.17. The summed E-state index contributed by atoms with van der Waals surface area (Å²) >= 11 is 0. The average Bonchev–Trinajstić information content (AvgIpc) is 0.722. The summed E-state index contributed by atoms with van der Waals surface area (Å²) < 4.78 is 34.1. The van der Waals surface area contributed by atoms with Crippen molar-refractivity contribution in [3.05, 3.63) is 0 Å². The van der Waals surface area contributed by atoms with E-state index in [0.717, 1.165) is 0 Å². The van der Waals surface area contributed by atoms with Crippen molar-refractivity contribution in [1.29, 1.82) is 0 Å². The van der Waals surface area contributed by atoms with Crippen LogP contribution in [0, 0.1) is 0 Å². The fourth-order valence-corrected chi connectivity index (χ4v) is 0. The molecule has 0 rings (SSSR count). The smallest absolute Gasteiger partial charge is 0.759 e. The molecule has 0 fully saturated rings. The molecule has 0 aliphatic carbocycles. The Balaban J connectivity index is -0.0000000267. The van der Waals surface area contributed by atoms with Crippen LogP contribution in [0.1, 0.15) is 0 Å². The maximum Gasteiger partial charge on any atom is 1.00 e. The van der Waals surface area contributed by atoms with E-state index >= 15 is 0 Å². The number of quaternary nitrogens is 1. The standard InChI is InChI=1S/Fe.H3N.H2O4S.H2O/c;;1-5(2,3)4;/h;1H3;(H2,1,2,3,4);1H2/q+1;;;/p-1. The molecule has 0 saturated carbocycles. The summed E-state index contributed by atoms with van der Waals surface area (Å²) in [6.07, 6.45) is 0. The van der Waals surface area contributed by atoms with Crippen LogP contribution in [0.5, 0.6) is 0 Å². The van der Waals surface area contributed by atoms with Gasteiger partial charge < -0.3 is 20.7 Å². The molecule has 0 unspecified atom stereocenters. The predicted octanol–water partition coefficient (Wildman–Crippen LogP) is -1.79.